The minimum absolute atomic E-state index is 0.0345. The van der Waals surface area contributed by atoms with Gasteiger partial charge < -0.3 is 15.8 Å². The highest BCUT2D eigenvalue weighted by molar-refractivity contribution is 5.77. The van der Waals surface area contributed by atoms with E-state index in [1.165, 1.54) is 0 Å². The molecule has 0 aliphatic heterocycles. The number of carbonyl (C=O) groups excluding carboxylic acids is 1. The van der Waals surface area contributed by atoms with Gasteiger partial charge in [-0.15, -0.1) is 5.10 Å². The lowest BCUT2D eigenvalue weighted by Gasteiger charge is -2.03. The van der Waals surface area contributed by atoms with Crippen LogP contribution in [0, 0.1) is 0 Å². The first-order chi connectivity index (χ1) is 9.72. The van der Waals surface area contributed by atoms with Crippen molar-refractivity contribution in [3.8, 4) is 5.69 Å². The third kappa shape index (κ3) is 3.62. The van der Waals surface area contributed by atoms with Gasteiger partial charge in [-0.2, -0.15) is 0 Å². The predicted molar refractivity (Wildman–Crippen MR) is 73.0 cm³/mol. The molecule has 0 bridgehead atoms. The zero-order chi connectivity index (χ0) is 14.4. The van der Waals surface area contributed by atoms with Gasteiger partial charge >= 0.3 is 0 Å². The zero-order valence-corrected chi connectivity index (χ0v) is 11.2. The fraction of sp³-hybridized carbons (Fsp3) is 0.308. The van der Waals surface area contributed by atoms with Crippen LogP contribution in [-0.2, 0) is 22.7 Å². The Hall–Kier alpha value is -2.25. The number of methoxy groups -OCH3 is 1. The number of carbonyl (C=O) groups is 1. The number of hydrogen-bond acceptors (Lipinski definition) is 5. The van der Waals surface area contributed by atoms with Gasteiger partial charge in [-0.3, -0.25) is 4.79 Å². The van der Waals surface area contributed by atoms with E-state index in [-0.39, 0.29) is 12.5 Å². The largest absolute Gasteiger partial charge is 0.380 e. The second-order valence-corrected chi connectivity index (χ2v) is 4.24. The van der Waals surface area contributed by atoms with Gasteiger partial charge in [0.15, 0.2) is 0 Å². The number of nitrogens with one attached hydrogen (secondary N) is 1. The summed E-state index contributed by atoms with van der Waals surface area (Å²) in [6, 6.07) is 7.81. The Balaban J connectivity index is 2.08. The van der Waals surface area contributed by atoms with E-state index in [2.05, 4.69) is 15.6 Å². The minimum Gasteiger partial charge on any atom is -0.380 e. The smallest absolute Gasteiger partial charge is 0.234 e. The van der Waals surface area contributed by atoms with Crippen molar-refractivity contribution in [2.24, 2.45) is 5.73 Å². The molecular weight excluding hydrogens is 258 g/mol. The van der Waals surface area contributed by atoms with Crippen molar-refractivity contribution in [3.63, 3.8) is 0 Å². The van der Waals surface area contributed by atoms with Crippen LogP contribution in [0.15, 0.2) is 30.5 Å². The van der Waals surface area contributed by atoms with Crippen molar-refractivity contribution in [1.82, 2.24) is 20.3 Å². The molecule has 7 heteroatoms. The lowest BCUT2D eigenvalue weighted by molar-refractivity contribution is -0.119. The summed E-state index contributed by atoms with van der Waals surface area (Å²) in [7, 11) is 1.65. The van der Waals surface area contributed by atoms with E-state index in [4.69, 9.17) is 10.5 Å². The molecule has 0 unspecified atom stereocenters. The monoisotopic (exact) mass is 275 g/mol. The summed E-state index contributed by atoms with van der Waals surface area (Å²) in [5, 5.41) is 10.7. The quantitative estimate of drug-likeness (QED) is 0.773. The number of benzene rings is 1. The van der Waals surface area contributed by atoms with E-state index in [0.717, 1.165) is 11.3 Å². The normalized spacial score (nSPS) is 10.5. The van der Waals surface area contributed by atoms with E-state index in [1.807, 2.05) is 24.3 Å². The van der Waals surface area contributed by atoms with Gasteiger partial charge in [0.05, 0.1) is 31.6 Å². The summed E-state index contributed by atoms with van der Waals surface area (Å²) >= 11 is 0. The van der Waals surface area contributed by atoms with Crippen LogP contribution in [0.25, 0.3) is 5.69 Å². The van der Waals surface area contributed by atoms with E-state index in [1.54, 1.807) is 18.0 Å². The van der Waals surface area contributed by atoms with Gasteiger partial charge in [-0.1, -0.05) is 17.3 Å². The molecule has 7 nitrogen and oxygen atoms in total. The number of ether oxygens (including phenoxy) is 1. The fourth-order valence-electron chi connectivity index (χ4n) is 1.72. The number of rotatable bonds is 6. The van der Waals surface area contributed by atoms with Crippen molar-refractivity contribution in [3.05, 3.63) is 41.7 Å². The van der Waals surface area contributed by atoms with Crippen molar-refractivity contribution in [2.45, 2.75) is 13.2 Å². The Morgan fingerprint density at radius 2 is 2.35 bits per heavy atom. The number of nitrogens with zero attached hydrogens (tertiary/aromatic N) is 3. The molecule has 0 saturated carbocycles. The Morgan fingerprint density at radius 1 is 1.50 bits per heavy atom. The fourth-order valence-corrected chi connectivity index (χ4v) is 1.72. The molecule has 0 spiro atoms. The summed E-state index contributed by atoms with van der Waals surface area (Å²) in [6.07, 6.45) is 1.77. The van der Waals surface area contributed by atoms with Crippen LogP contribution in [0.1, 0.15) is 11.3 Å². The number of aromatic nitrogens is 3. The standard InChI is InChI=1S/C13H17N5O2/c1-20-9-10-3-2-4-12(5-10)18-8-11(16-17-18)7-15-13(19)6-14/h2-5,8H,6-7,9,14H2,1H3,(H,15,19). The molecule has 1 heterocycles. The Labute approximate surface area is 116 Å². The lowest BCUT2D eigenvalue weighted by Crippen LogP contribution is -2.29. The highest BCUT2D eigenvalue weighted by Gasteiger charge is 2.05. The van der Waals surface area contributed by atoms with Crippen LogP contribution < -0.4 is 11.1 Å². The Bertz CT molecular complexity index is 582. The van der Waals surface area contributed by atoms with E-state index in [9.17, 15) is 4.79 Å². The Morgan fingerprint density at radius 3 is 3.10 bits per heavy atom. The van der Waals surface area contributed by atoms with E-state index >= 15 is 0 Å². The maximum atomic E-state index is 11.1. The summed E-state index contributed by atoms with van der Waals surface area (Å²) in [5.74, 6) is -0.221. The van der Waals surface area contributed by atoms with Crippen LogP contribution in [0.5, 0.6) is 0 Å². The van der Waals surface area contributed by atoms with E-state index in [0.29, 0.717) is 18.8 Å². The highest BCUT2D eigenvalue weighted by atomic mass is 16.5. The molecule has 106 valence electrons. The molecule has 2 rings (SSSR count). The lowest BCUT2D eigenvalue weighted by atomic mass is 10.2. The average Bonchev–Trinajstić information content (AvgIpc) is 2.94. The maximum Gasteiger partial charge on any atom is 0.234 e. The molecule has 0 saturated heterocycles. The number of nitrogens with two attached hydrogens (primary N) is 1. The van der Waals surface area contributed by atoms with Gasteiger partial charge in [-0.05, 0) is 17.7 Å². The van der Waals surface area contributed by atoms with Crippen molar-refractivity contribution >= 4 is 5.91 Å². The molecule has 20 heavy (non-hydrogen) atoms. The summed E-state index contributed by atoms with van der Waals surface area (Å²) in [4.78, 5) is 11.1. The molecule has 1 amide bonds. The van der Waals surface area contributed by atoms with E-state index < -0.39 is 0 Å². The molecule has 0 aliphatic carbocycles. The van der Waals surface area contributed by atoms with Crippen LogP contribution in [0.3, 0.4) is 0 Å². The van der Waals surface area contributed by atoms with Gasteiger partial charge in [-0.25, -0.2) is 4.68 Å². The maximum absolute atomic E-state index is 11.1. The van der Waals surface area contributed by atoms with Crippen molar-refractivity contribution in [2.75, 3.05) is 13.7 Å². The second kappa shape index (κ2) is 6.78. The van der Waals surface area contributed by atoms with Crippen LogP contribution in [0.2, 0.25) is 0 Å². The SMILES string of the molecule is COCc1cccc(-n2cc(CNC(=O)CN)nn2)c1. The minimum atomic E-state index is -0.221. The highest BCUT2D eigenvalue weighted by Crippen LogP contribution is 2.10. The molecule has 1 aromatic carbocycles. The van der Waals surface area contributed by atoms with Gasteiger partial charge in [0.1, 0.15) is 5.69 Å². The second-order valence-electron chi connectivity index (χ2n) is 4.24. The van der Waals surface area contributed by atoms with Crippen molar-refractivity contribution < 1.29 is 9.53 Å². The third-order valence-electron chi connectivity index (χ3n) is 2.68. The molecule has 0 aliphatic rings. The van der Waals surface area contributed by atoms with Crippen LogP contribution in [-0.4, -0.2) is 34.6 Å². The summed E-state index contributed by atoms with van der Waals surface area (Å²) in [6.45, 7) is 0.822. The summed E-state index contributed by atoms with van der Waals surface area (Å²) < 4.78 is 6.75. The molecule has 0 fully saturated rings. The van der Waals surface area contributed by atoms with Gasteiger partial charge in [0.25, 0.3) is 0 Å². The predicted octanol–water partition coefficient (Wildman–Crippen LogP) is -0.0114. The summed E-state index contributed by atoms with van der Waals surface area (Å²) in [5.41, 5.74) is 7.83. The van der Waals surface area contributed by atoms with Crippen LogP contribution >= 0.6 is 0 Å². The van der Waals surface area contributed by atoms with Gasteiger partial charge in [0.2, 0.25) is 5.91 Å². The van der Waals surface area contributed by atoms with Crippen molar-refractivity contribution in [1.29, 1.82) is 0 Å². The first-order valence-corrected chi connectivity index (χ1v) is 6.19. The first kappa shape index (κ1) is 14.2. The molecular formula is C13H17N5O2. The molecule has 3 N–H and O–H groups in total. The molecule has 0 atom stereocenters. The molecule has 1 aromatic heterocycles. The first-order valence-electron chi connectivity index (χ1n) is 6.19. The third-order valence-corrected chi connectivity index (χ3v) is 2.68. The Kier molecular flexibility index (Phi) is 4.80. The number of amides is 1. The molecule has 2 aromatic rings. The number of hydrogen-bond donors (Lipinski definition) is 2. The zero-order valence-electron chi connectivity index (χ0n) is 11.2. The molecule has 0 radical (unpaired) electrons. The van der Waals surface area contributed by atoms with Crippen LogP contribution in [0.4, 0.5) is 0 Å². The average molecular weight is 275 g/mol. The topological polar surface area (TPSA) is 95.1 Å². The van der Waals surface area contributed by atoms with Gasteiger partial charge in [0, 0.05) is 7.11 Å².